The third-order valence-corrected chi connectivity index (χ3v) is 0.394. The van der Waals surface area contributed by atoms with Crippen LogP contribution in [-0.2, 0) is 9.53 Å². The van der Waals surface area contributed by atoms with E-state index in [1.54, 1.807) is 0 Å². The van der Waals surface area contributed by atoms with Gasteiger partial charge in [-0.25, -0.2) is 0 Å². The molecule has 0 aliphatic heterocycles. The Hall–Kier alpha value is 0.430. The first-order chi connectivity index (χ1) is 2.81. The van der Waals surface area contributed by atoms with Gasteiger partial charge in [0.25, 0.3) is 0 Å². The van der Waals surface area contributed by atoms with E-state index in [1.165, 1.54) is 7.11 Å². The summed E-state index contributed by atoms with van der Waals surface area (Å²) in [6.45, 7) is -0.0312. The molecule has 0 aromatic rings. The molecule has 4 heteroatoms. The fraction of sp³-hybridized carbons (Fsp3) is 0.667. The fourth-order valence-corrected chi connectivity index (χ4v) is 0.0833. The fourth-order valence-electron chi connectivity index (χ4n) is 0.0833. The van der Waals surface area contributed by atoms with Gasteiger partial charge in [-0.3, -0.25) is 4.79 Å². The van der Waals surface area contributed by atoms with Gasteiger partial charge < -0.3 is 10.5 Å². The average molecular weight is 113 g/mol. The molecule has 0 aliphatic carbocycles. The minimum atomic E-state index is -0.380. The van der Waals surface area contributed by atoms with Crippen LogP contribution in [0.2, 0.25) is 0 Å². The van der Waals surface area contributed by atoms with Gasteiger partial charge in [-0.1, -0.05) is 0 Å². The molecule has 0 fully saturated rings. The van der Waals surface area contributed by atoms with E-state index in [0.717, 1.165) is 0 Å². The molecule has 0 aliphatic rings. The summed E-state index contributed by atoms with van der Waals surface area (Å²) < 4.78 is 4.14. The van der Waals surface area contributed by atoms with Crippen molar-refractivity contribution in [3.05, 3.63) is 0 Å². The van der Waals surface area contributed by atoms with Crippen LogP contribution in [0.15, 0.2) is 0 Å². The summed E-state index contributed by atoms with van der Waals surface area (Å²) in [6.07, 6.45) is 0. The molecule has 0 spiro atoms. The number of ether oxygens (including phenoxy) is 1. The SMILES string of the molecule is COC(=O)CN.[NaH]. The zero-order valence-corrected chi connectivity index (χ0v) is 3.60. The Morgan fingerprint density at radius 1 is 1.86 bits per heavy atom. The predicted octanol–water partition coefficient (Wildman–Crippen LogP) is -1.53. The molecule has 0 unspecified atom stereocenters. The van der Waals surface area contributed by atoms with Crippen LogP contribution in [0.5, 0.6) is 0 Å². The van der Waals surface area contributed by atoms with Crippen LogP contribution in [-0.4, -0.2) is 49.2 Å². The van der Waals surface area contributed by atoms with Crippen LogP contribution in [0.3, 0.4) is 0 Å². The second-order valence-corrected chi connectivity index (χ2v) is 0.780. The zero-order chi connectivity index (χ0) is 4.99. The van der Waals surface area contributed by atoms with E-state index in [-0.39, 0.29) is 42.1 Å². The summed E-state index contributed by atoms with van der Waals surface area (Å²) in [5.41, 5.74) is 4.81. The van der Waals surface area contributed by atoms with E-state index in [9.17, 15) is 4.79 Å². The molecule has 3 nitrogen and oxygen atoms in total. The Labute approximate surface area is 64.5 Å². The molecule has 0 aromatic heterocycles. The van der Waals surface area contributed by atoms with Crippen molar-refractivity contribution in [2.24, 2.45) is 5.73 Å². The van der Waals surface area contributed by atoms with E-state index in [1.807, 2.05) is 0 Å². The number of hydrogen-bond donors (Lipinski definition) is 1. The summed E-state index contributed by atoms with van der Waals surface area (Å²) >= 11 is 0. The number of methoxy groups -OCH3 is 1. The van der Waals surface area contributed by atoms with E-state index in [2.05, 4.69) is 4.74 Å². The molecule has 0 rings (SSSR count). The molecule has 0 bridgehead atoms. The van der Waals surface area contributed by atoms with Gasteiger partial charge in [0, 0.05) is 0 Å². The van der Waals surface area contributed by atoms with E-state index >= 15 is 0 Å². The Bertz CT molecular complexity index is 50.9. The van der Waals surface area contributed by atoms with Gasteiger partial charge in [-0.2, -0.15) is 0 Å². The first-order valence-corrected chi connectivity index (χ1v) is 1.58. The Morgan fingerprint density at radius 2 is 2.29 bits per heavy atom. The van der Waals surface area contributed by atoms with Crippen molar-refractivity contribution in [2.75, 3.05) is 13.7 Å². The topological polar surface area (TPSA) is 52.3 Å². The molecule has 0 saturated heterocycles. The van der Waals surface area contributed by atoms with Crippen LogP contribution >= 0.6 is 0 Å². The number of esters is 1. The van der Waals surface area contributed by atoms with Gasteiger partial charge in [0.05, 0.1) is 13.7 Å². The molecule has 0 heterocycles. The van der Waals surface area contributed by atoms with E-state index in [0.29, 0.717) is 0 Å². The second-order valence-electron chi connectivity index (χ2n) is 0.780. The third kappa shape index (κ3) is 6.43. The summed E-state index contributed by atoms with van der Waals surface area (Å²) in [4.78, 5) is 9.83. The van der Waals surface area contributed by atoms with Gasteiger partial charge >= 0.3 is 35.5 Å². The average Bonchev–Trinajstić information content (AvgIpc) is 1.65. The Kier molecular flexibility index (Phi) is 9.57. The first-order valence-electron chi connectivity index (χ1n) is 1.58. The maximum atomic E-state index is 9.83. The Balaban J connectivity index is 0. The van der Waals surface area contributed by atoms with Crippen LogP contribution in [0.4, 0.5) is 0 Å². The monoisotopic (exact) mass is 113 g/mol. The molecule has 7 heavy (non-hydrogen) atoms. The predicted molar refractivity (Wildman–Crippen MR) is 28.2 cm³/mol. The van der Waals surface area contributed by atoms with Gasteiger partial charge in [0.1, 0.15) is 0 Å². The molecular weight excluding hydrogens is 105 g/mol. The van der Waals surface area contributed by atoms with Crippen LogP contribution in [0.25, 0.3) is 0 Å². The van der Waals surface area contributed by atoms with Crippen molar-refractivity contribution < 1.29 is 9.53 Å². The quantitative estimate of drug-likeness (QED) is 0.331. The number of carbonyl (C=O) groups is 1. The standard InChI is InChI=1S/C3H7NO2.Na.H/c1-6-3(5)2-4;;/h2,4H2,1H3;;. The summed E-state index contributed by atoms with van der Waals surface area (Å²) in [5, 5.41) is 0. The Morgan fingerprint density at radius 3 is 2.29 bits per heavy atom. The molecule has 0 amide bonds. The minimum absolute atomic E-state index is 0. The van der Waals surface area contributed by atoms with E-state index < -0.39 is 0 Å². The first kappa shape index (κ1) is 10.4. The molecular formula is C3H8NNaO2. The van der Waals surface area contributed by atoms with Crippen molar-refractivity contribution in [1.82, 2.24) is 0 Å². The van der Waals surface area contributed by atoms with Gasteiger partial charge in [-0.15, -0.1) is 0 Å². The van der Waals surface area contributed by atoms with Crippen LogP contribution in [0.1, 0.15) is 0 Å². The molecule has 2 N–H and O–H groups in total. The summed E-state index contributed by atoms with van der Waals surface area (Å²) in [7, 11) is 1.30. The molecule has 0 saturated carbocycles. The third-order valence-electron chi connectivity index (χ3n) is 0.394. The second kappa shape index (κ2) is 6.43. The van der Waals surface area contributed by atoms with Gasteiger partial charge in [0.2, 0.25) is 0 Å². The number of hydrogen-bond acceptors (Lipinski definition) is 3. The van der Waals surface area contributed by atoms with Gasteiger partial charge in [0.15, 0.2) is 0 Å². The summed E-state index contributed by atoms with van der Waals surface area (Å²) in [6, 6.07) is 0. The number of nitrogens with two attached hydrogens (primary N) is 1. The number of rotatable bonds is 1. The van der Waals surface area contributed by atoms with Crippen molar-refractivity contribution >= 4 is 35.5 Å². The molecule has 0 radical (unpaired) electrons. The van der Waals surface area contributed by atoms with Crippen molar-refractivity contribution in [3.63, 3.8) is 0 Å². The van der Waals surface area contributed by atoms with Crippen molar-refractivity contribution in [3.8, 4) is 0 Å². The zero-order valence-electron chi connectivity index (χ0n) is 3.60. The normalized spacial score (nSPS) is 6.57. The van der Waals surface area contributed by atoms with Crippen molar-refractivity contribution in [1.29, 1.82) is 0 Å². The maximum absolute atomic E-state index is 9.83. The van der Waals surface area contributed by atoms with Gasteiger partial charge in [-0.05, 0) is 0 Å². The van der Waals surface area contributed by atoms with E-state index in [4.69, 9.17) is 5.73 Å². The van der Waals surface area contributed by atoms with Crippen LogP contribution in [0, 0.1) is 0 Å². The molecule has 0 aromatic carbocycles. The van der Waals surface area contributed by atoms with Crippen molar-refractivity contribution in [2.45, 2.75) is 0 Å². The molecule has 38 valence electrons. The number of carbonyl (C=O) groups excluding carboxylic acids is 1. The molecule has 0 atom stereocenters. The summed E-state index contributed by atoms with van der Waals surface area (Å²) in [5.74, 6) is -0.380. The van der Waals surface area contributed by atoms with Crippen LogP contribution < -0.4 is 5.73 Å².